The molecule has 3 rings (SSSR count). The first-order chi connectivity index (χ1) is 9.22. The Balaban J connectivity index is 1.88. The van der Waals surface area contributed by atoms with Crippen LogP contribution in [0.25, 0.3) is 10.9 Å². The van der Waals surface area contributed by atoms with Gasteiger partial charge in [0.05, 0.1) is 5.52 Å². The maximum Gasteiger partial charge on any atom is 0.124 e. The highest BCUT2D eigenvalue weighted by Crippen LogP contribution is 2.21. The monoisotopic (exact) mass is 256 g/mol. The van der Waals surface area contributed by atoms with Gasteiger partial charge in [-0.25, -0.2) is 4.98 Å². The van der Waals surface area contributed by atoms with Crippen molar-refractivity contribution in [2.45, 2.75) is 6.54 Å². The average molecular weight is 256 g/mol. The number of aromatic nitrogens is 1. The lowest BCUT2D eigenvalue weighted by atomic mass is 10.1. The first kappa shape index (κ1) is 12.4. The molecule has 19 heavy (non-hydrogen) atoms. The molecule has 1 aromatic carbocycles. The standard InChI is InChI=1S/C15H20N4/c1-18-6-8-19(9-7-18)11-12-10-15(16)17-14-5-3-2-4-13(12)14/h2-5,10H,6-9,11H2,1H3,(H2,16,17). The molecule has 0 atom stereocenters. The zero-order valence-electron chi connectivity index (χ0n) is 11.3. The number of nitrogen functional groups attached to an aromatic ring is 1. The number of nitrogens with two attached hydrogens (primary N) is 1. The molecular weight excluding hydrogens is 236 g/mol. The number of anilines is 1. The van der Waals surface area contributed by atoms with E-state index in [2.05, 4.69) is 34.0 Å². The lowest BCUT2D eigenvalue weighted by molar-refractivity contribution is 0.148. The molecule has 1 aliphatic heterocycles. The van der Waals surface area contributed by atoms with E-state index in [-0.39, 0.29) is 0 Å². The first-order valence-electron chi connectivity index (χ1n) is 6.77. The van der Waals surface area contributed by atoms with Gasteiger partial charge in [0, 0.05) is 38.1 Å². The lowest BCUT2D eigenvalue weighted by Crippen LogP contribution is -2.43. The molecule has 0 saturated carbocycles. The van der Waals surface area contributed by atoms with Crippen LogP contribution in [0.2, 0.25) is 0 Å². The predicted octanol–water partition coefficient (Wildman–Crippen LogP) is 1.56. The van der Waals surface area contributed by atoms with E-state index in [0.717, 1.165) is 38.2 Å². The van der Waals surface area contributed by atoms with Crippen LogP contribution < -0.4 is 5.73 Å². The molecule has 0 bridgehead atoms. The Labute approximate surface area is 113 Å². The number of hydrogen-bond acceptors (Lipinski definition) is 4. The average Bonchev–Trinajstić information content (AvgIpc) is 2.41. The summed E-state index contributed by atoms with van der Waals surface area (Å²) in [4.78, 5) is 9.25. The molecule has 0 unspecified atom stereocenters. The van der Waals surface area contributed by atoms with Gasteiger partial charge in [-0.1, -0.05) is 18.2 Å². The van der Waals surface area contributed by atoms with Gasteiger partial charge in [0.2, 0.25) is 0 Å². The Kier molecular flexibility index (Phi) is 3.36. The molecule has 4 heteroatoms. The molecule has 0 aliphatic carbocycles. The summed E-state index contributed by atoms with van der Waals surface area (Å²) < 4.78 is 0. The van der Waals surface area contributed by atoms with Gasteiger partial charge in [-0.15, -0.1) is 0 Å². The zero-order chi connectivity index (χ0) is 13.2. The summed E-state index contributed by atoms with van der Waals surface area (Å²) in [5, 5.41) is 1.22. The smallest absolute Gasteiger partial charge is 0.124 e. The molecule has 0 radical (unpaired) electrons. The van der Waals surface area contributed by atoms with Gasteiger partial charge in [-0.05, 0) is 24.7 Å². The fourth-order valence-electron chi connectivity index (χ4n) is 2.65. The van der Waals surface area contributed by atoms with E-state index in [0.29, 0.717) is 5.82 Å². The summed E-state index contributed by atoms with van der Waals surface area (Å²) in [6.45, 7) is 5.47. The van der Waals surface area contributed by atoms with Crippen LogP contribution in [0.4, 0.5) is 5.82 Å². The number of fused-ring (bicyclic) bond motifs is 1. The van der Waals surface area contributed by atoms with Crippen LogP contribution >= 0.6 is 0 Å². The number of piperazine rings is 1. The Bertz CT molecular complexity index is 573. The predicted molar refractivity (Wildman–Crippen MR) is 78.9 cm³/mol. The van der Waals surface area contributed by atoms with E-state index < -0.39 is 0 Å². The summed E-state index contributed by atoms with van der Waals surface area (Å²) in [6, 6.07) is 10.2. The molecule has 2 heterocycles. The van der Waals surface area contributed by atoms with Crippen molar-refractivity contribution in [3.63, 3.8) is 0 Å². The number of nitrogens with zero attached hydrogens (tertiary/aromatic N) is 3. The van der Waals surface area contributed by atoms with Gasteiger partial charge < -0.3 is 10.6 Å². The molecule has 1 aromatic heterocycles. The molecule has 1 saturated heterocycles. The van der Waals surface area contributed by atoms with Crippen LogP contribution in [0.15, 0.2) is 30.3 Å². The Hall–Kier alpha value is -1.65. The van der Waals surface area contributed by atoms with Crippen molar-refractivity contribution in [1.82, 2.24) is 14.8 Å². The van der Waals surface area contributed by atoms with Crippen molar-refractivity contribution < 1.29 is 0 Å². The fraction of sp³-hybridized carbons (Fsp3) is 0.400. The normalized spacial score (nSPS) is 17.9. The minimum atomic E-state index is 0.614. The largest absolute Gasteiger partial charge is 0.384 e. The fourth-order valence-corrected chi connectivity index (χ4v) is 2.65. The van der Waals surface area contributed by atoms with Gasteiger partial charge in [-0.3, -0.25) is 4.90 Å². The summed E-state index contributed by atoms with van der Waals surface area (Å²) in [7, 11) is 2.18. The molecule has 4 nitrogen and oxygen atoms in total. The number of likely N-dealkylation sites (N-methyl/N-ethyl adjacent to an activating group) is 1. The lowest BCUT2D eigenvalue weighted by Gasteiger charge is -2.32. The maximum absolute atomic E-state index is 5.91. The number of hydrogen-bond donors (Lipinski definition) is 1. The van der Waals surface area contributed by atoms with Gasteiger partial charge >= 0.3 is 0 Å². The SMILES string of the molecule is CN1CCN(Cc2cc(N)nc3ccccc23)CC1. The van der Waals surface area contributed by atoms with Gasteiger partial charge in [-0.2, -0.15) is 0 Å². The quantitative estimate of drug-likeness (QED) is 0.886. The molecule has 100 valence electrons. The van der Waals surface area contributed by atoms with Crippen molar-refractivity contribution in [3.05, 3.63) is 35.9 Å². The van der Waals surface area contributed by atoms with Crippen molar-refractivity contribution in [3.8, 4) is 0 Å². The third-order valence-corrected chi connectivity index (χ3v) is 3.81. The van der Waals surface area contributed by atoms with Gasteiger partial charge in [0.15, 0.2) is 0 Å². The van der Waals surface area contributed by atoms with Crippen molar-refractivity contribution in [2.24, 2.45) is 0 Å². The third-order valence-electron chi connectivity index (χ3n) is 3.81. The maximum atomic E-state index is 5.91. The van der Waals surface area contributed by atoms with Crippen LogP contribution in [0.3, 0.4) is 0 Å². The van der Waals surface area contributed by atoms with Crippen LogP contribution in [0.1, 0.15) is 5.56 Å². The highest BCUT2D eigenvalue weighted by atomic mass is 15.2. The Morgan fingerprint density at radius 1 is 1.16 bits per heavy atom. The highest BCUT2D eigenvalue weighted by Gasteiger charge is 2.15. The number of para-hydroxylation sites is 1. The van der Waals surface area contributed by atoms with Crippen LogP contribution in [-0.2, 0) is 6.54 Å². The third kappa shape index (κ3) is 2.69. The van der Waals surface area contributed by atoms with E-state index >= 15 is 0 Å². The van der Waals surface area contributed by atoms with Crippen LogP contribution in [0, 0.1) is 0 Å². The van der Waals surface area contributed by atoms with E-state index in [1.165, 1.54) is 10.9 Å². The second-order valence-corrected chi connectivity index (χ2v) is 5.30. The highest BCUT2D eigenvalue weighted by molar-refractivity contribution is 5.83. The van der Waals surface area contributed by atoms with E-state index in [4.69, 9.17) is 5.73 Å². The van der Waals surface area contributed by atoms with Crippen LogP contribution in [-0.4, -0.2) is 48.0 Å². The number of rotatable bonds is 2. The summed E-state index contributed by atoms with van der Waals surface area (Å²) in [5.74, 6) is 0.614. The molecule has 0 amide bonds. The molecule has 1 fully saturated rings. The van der Waals surface area contributed by atoms with E-state index in [1.54, 1.807) is 0 Å². The minimum Gasteiger partial charge on any atom is -0.384 e. The molecule has 1 aliphatic rings. The molecule has 0 spiro atoms. The van der Waals surface area contributed by atoms with Crippen molar-refractivity contribution in [1.29, 1.82) is 0 Å². The zero-order valence-corrected chi connectivity index (χ0v) is 11.3. The minimum absolute atomic E-state index is 0.614. The topological polar surface area (TPSA) is 45.4 Å². The molecular formula is C15H20N4. The number of pyridine rings is 1. The first-order valence-corrected chi connectivity index (χ1v) is 6.77. The number of benzene rings is 1. The summed E-state index contributed by atoms with van der Waals surface area (Å²) in [5.41, 5.74) is 8.19. The Morgan fingerprint density at radius 3 is 2.68 bits per heavy atom. The van der Waals surface area contributed by atoms with Gasteiger partial charge in [0.25, 0.3) is 0 Å². The second-order valence-electron chi connectivity index (χ2n) is 5.30. The van der Waals surface area contributed by atoms with E-state index in [9.17, 15) is 0 Å². The van der Waals surface area contributed by atoms with Crippen molar-refractivity contribution in [2.75, 3.05) is 39.0 Å². The molecule has 2 aromatic rings. The summed E-state index contributed by atoms with van der Waals surface area (Å²) >= 11 is 0. The van der Waals surface area contributed by atoms with Crippen molar-refractivity contribution >= 4 is 16.7 Å². The summed E-state index contributed by atoms with van der Waals surface area (Å²) in [6.07, 6.45) is 0. The Morgan fingerprint density at radius 2 is 1.89 bits per heavy atom. The van der Waals surface area contributed by atoms with Crippen LogP contribution in [0.5, 0.6) is 0 Å². The molecule has 2 N–H and O–H groups in total. The second kappa shape index (κ2) is 5.15. The van der Waals surface area contributed by atoms with Gasteiger partial charge in [0.1, 0.15) is 5.82 Å². The van der Waals surface area contributed by atoms with E-state index in [1.807, 2.05) is 18.2 Å².